The normalized spacial score (nSPS) is 19.1. The fraction of sp³-hybridized carbons (Fsp3) is 1.00. The van der Waals surface area contributed by atoms with Crippen LogP contribution in [0, 0.1) is 0 Å². The molecule has 0 heterocycles. The maximum atomic E-state index is 12.2. The van der Waals surface area contributed by atoms with E-state index in [1.807, 2.05) is 0 Å². The summed E-state index contributed by atoms with van der Waals surface area (Å²) in [4.78, 5) is 1.30. The summed E-state index contributed by atoms with van der Waals surface area (Å²) in [7, 11) is 0. The van der Waals surface area contributed by atoms with Gasteiger partial charge in [-0.05, 0) is 19.4 Å². The minimum absolute atomic E-state index is 0.120. The molecule has 1 aliphatic carbocycles. The van der Waals surface area contributed by atoms with E-state index in [2.05, 4.69) is 5.32 Å². The summed E-state index contributed by atoms with van der Waals surface area (Å²) < 4.78 is 36.6. The average molecular weight is 240 g/mol. The molecule has 1 fully saturated rings. The van der Waals surface area contributed by atoms with Crippen LogP contribution in [0.3, 0.4) is 0 Å². The van der Waals surface area contributed by atoms with Crippen molar-refractivity contribution in [2.75, 3.05) is 26.2 Å². The van der Waals surface area contributed by atoms with Crippen LogP contribution in [0.15, 0.2) is 0 Å². The zero-order chi connectivity index (χ0) is 12.2. The van der Waals surface area contributed by atoms with Gasteiger partial charge in [-0.1, -0.05) is 6.92 Å². The molecule has 0 aliphatic heterocycles. The van der Waals surface area contributed by atoms with Gasteiger partial charge in [0.25, 0.3) is 0 Å². The van der Waals surface area contributed by atoms with Gasteiger partial charge in [-0.3, -0.25) is 4.90 Å². The Morgan fingerprint density at radius 2 is 2.06 bits per heavy atom. The molecular formula is C10H19F3N2O. The number of alkyl halides is 3. The minimum Gasteiger partial charge on any atom is -0.395 e. The zero-order valence-electron chi connectivity index (χ0n) is 9.43. The Balaban J connectivity index is 2.33. The number of hydrogen-bond donors (Lipinski definition) is 2. The quantitative estimate of drug-likeness (QED) is 0.696. The van der Waals surface area contributed by atoms with E-state index >= 15 is 0 Å². The highest BCUT2D eigenvalue weighted by Crippen LogP contribution is 2.20. The molecule has 0 aromatic rings. The van der Waals surface area contributed by atoms with Gasteiger partial charge in [0.1, 0.15) is 0 Å². The molecule has 6 heteroatoms. The second-order valence-corrected chi connectivity index (χ2v) is 4.26. The van der Waals surface area contributed by atoms with E-state index in [0.717, 1.165) is 12.8 Å². The number of nitrogens with one attached hydrogen (secondary N) is 1. The van der Waals surface area contributed by atoms with Gasteiger partial charge in [0.2, 0.25) is 0 Å². The van der Waals surface area contributed by atoms with Gasteiger partial charge in [0.05, 0.1) is 13.2 Å². The summed E-state index contributed by atoms with van der Waals surface area (Å²) >= 11 is 0. The van der Waals surface area contributed by atoms with Crippen molar-refractivity contribution in [3.8, 4) is 0 Å². The molecule has 96 valence electrons. The summed E-state index contributed by atoms with van der Waals surface area (Å²) in [6, 6.07) is 0.136. The lowest BCUT2D eigenvalue weighted by atomic mass is 10.2. The van der Waals surface area contributed by atoms with Crippen molar-refractivity contribution < 1.29 is 18.3 Å². The lowest BCUT2D eigenvalue weighted by molar-refractivity contribution is -0.146. The molecule has 0 bridgehead atoms. The van der Waals surface area contributed by atoms with Crippen LogP contribution in [-0.2, 0) is 0 Å². The third-order valence-corrected chi connectivity index (χ3v) is 2.60. The Morgan fingerprint density at radius 1 is 1.44 bits per heavy atom. The summed E-state index contributed by atoms with van der Waals surface area (Å²) in [6.07, 6.45) is -2.06. The third kappa shape index (κ3) is 5.67. The Bertz CT molecular complexity index is 207. The summed E-state index contributed by atoms with van der Waals surface area (Å²) in [5.74, 6) is 0. The number of nitrogens with zero attached hydrogens (tertiary/aromatic N) is 1. The van der Waals surface area contributed by atoms with Gasteiger partial charge >= 0.3 is 6.18 Å². The Morgan fingerprint density at radius 3 is 2.44 bits per heavy atom. The predicted molar refractivity (Wildman–Crippen MR) is 55.2 cm³/mol. The topological polar surface area (TPSA) is 35.5 Å². The molecule has 1 aliphatic rings. The Hall–Kier alpha value is -0.330. The second kappa shape index (κ2) is 5.84. The van der Waals surface area contributed by atoms with E-state index < -0.39 is 12.7 Å². The van der Waals surface area contributed by atoms with Crippen molar-refractivity contribution >= 4 is 0 Å². The van der Waals surface area contributed by atoms with E-state index in [4.69, 9.17) is 5.11 Å². The monoisotopic (exact) mass is 240 g/mol. The first-order chi connectivity index (χ1) is 7.44. The molecule has 0 spiro atoms. The van der Waals surface area contributed by atoms with Crippen LogP contribution in [0.1, 0.15) is 19.8 Å². The number of hydrogen-bond acceptors (Lipinski definition) is 3. The molecule has 0 saturated heterocycles. The minimum atomic E-state index is -4.17. The van der Waals surface area contributed by atoms with Crippen LogP contribution >= 0.6 is 0 Å². The molecule has 0 aromatic carbocycles. The van der Waals surface area contributed by atoms with E-state index in [9.17, 15) is 13.2 Å². The van der Waals surface area contributed by atoms with E-state index in [-0.39, 0.29) is 19.2 Å². The van der Waals surface area contributed by atoms with Crippen molar-refractivity contribution in [1.82, 2.24) is 10.2 Å². The number of rotatable bonds is 7. The predicted octanol–water partition coefficient (Wildman–Crippen LogP) is 0.983. The molecule has 1 unspecified atom stereocenters. The molecule has 16 heavy (non-hydrogen) atoms. The summed E-state index contributed by atoms with van der Waals surface area (Å²) in [5.41, 5.74) is 0. The maximum Gasteiger partial charge on any atom is 0.401 e. The summed E-state index contributed by atoms with van der Waals surface area (Å²) in [5, 5.41) is 12.2. The van der Waals surface area contributed by atoms with E-state index in [1.54, 1.807) is 6.92 Å². The van der Waals surface area contributed by atoms with Crippen molar-refractivity contribution in [1.29, 1.82) is 0 Å². The first-order valence-electron chi connectivity index (χ1n) is 5.60. The standard InChI is InChI=1S/C10H19F3N2O/c1-2-15(7-10(11,12)13)5-9(6-16)14-8-3-4-8/h8-9,14,16H,2-7H2,1H3. The summed E-state index contributed by atoms with van der Waals surface area (Å²) in [6.45, 7) is 1.24. The highest BCUT2D eigenvalue weighted by molar-refractivity contribution is 4.86. The number of likely N-dealkylation sites (N-methyl/N-ethyl adjacent to an activating group) is 1. The van der Waals surface area contributed by atoms with Crippen LogP contribution in [0.25, 0.3) is 0 Å². The van der Waals surface area contributed by atoms with Crippen molar-refractivity contribution in [3.05, 3.63) is 0 Å². The Kier molecular flexibility index (Phi) is 5.01. The zero-order valence-corrected chi connectivity index (χ0v) is 9.43. The average Bonchev–Trinajstić information content (AvgIpc) is 2.97. The Labute approximate surface area is 93.6 Å². The van der Waals surface area contributed by atoms with E-state index in [1.165, 1.54) is 4.90 Å². The number of halogens is 3. The molecule has 0 aromatic heterocycles. The molecule has 3 nitrogen and oxygen atoms in total. The molecule has 1 atom stereocenters. The van der Waals surface area contributed by atoms with Crippen LogP contribution in [-0.4, -0.2) is 54.5 Å². The molecule has 1 saturated carbocycles. The highest BCUT2D eigenvalue weighted by atomic mass is 19.4. The second-order valence-electron chi connectivity index (χ2n) is 4.26. The van der Waals surface area contributed by atoms with Gasteiger partial charge in [-0.15, -0.1) is 0 Å². The lowest BCUT2D eigenvalue weighted by Gasteiger charge is -2.26. The molecule has 1 rings (SSSR count). The van der Waals surface area contributed by atoms with Crippen LogP contribution in [0.2, 0.25) is 0 Å². The third-order valence-electron chi connectivity index (χ3n) is 2.60. The molecule has 0 amide bonds. The largest absolute Gasteiger partial charge is 0.401 e. The van der Waals surface area contributed by atoms with Crippen molar-refractivity contribution in [3.63, 3.8) is 0 Å². The van der Waals surface area contributed by atoms with Crippen LogP contribution in [0.5, 0.6) is 0 Å². The molecular weight excluding hydrogens is 221 g/mol. The fourth-order valence-electron chi connectivity index (χ4n) is 1.62. The SMILES string of the molecule is CCN(CC(CO)NC1CC1)CC(F)(F)F. The number of aliphatic hydroxyl groups is 1. The van der Waals surface area contributed by atoms with E-state index in [0.29, 0.717) is 12.6 Å². The highest BCUT2D eigenvalue weighted by Gasteiger charge is 2.32. The van der Waals surface area contributed by atoms with Gasteiger partial charge in [-0.2, -0.15) is 13.2 Å². The molecule has 0 radical (unpaired) electrons. The van der Waals surface area contributed by atoms with Crippen molar-refractivity contribution in [2.24, 2.45) is 0 Å². The smallest absolute Gasteiger partial charge is 0.395 e. The fourth-order valence-corrected chi connectivity index (χ4v) is 1.62. The van der Waals surface area contributed by atoms with Gasteiger partial charge in [0.15, 0.2) is 0 Å². The number of aliphatic hydroxyl groups excluding tert-OH is 1. The first kappa shape index (κ1) is 13.7. The maximum absolute atomic E-state index is 12.2. The van der Waals surface area contributed by atoms with Crippen LogP contribution < -0.4 is 5.32 Å². The van der Waals surface area contributed by atoms with Crippen molar-refractivity contribution in [2.45, 2.75) is 38.0 Å². The lowest BCUT2D eigenvalue weighted by Crippen LogP contribution is -2.46. The van der Waals surface area contributed by atoms with Gasteiger partial charge in [-0.25, -0.2) is 0 Å². The first-order valence-corrected chi connectivity index (χ1v) is 5.60. The van der Waals surface area contributed by atoms with Gasteiger partial charge < -0.3 is 10.4 Å². The molecule has 2 N–H and O–H groups in total. The van der Waals surface area contributed by atoms with Gasteiger partial charge in [0, 0.05) is 18.6 Å². The van der Waals surface area contributed by atoms with Crippen LogP contribution in [0.4, 0.5) is 13.2 Å².